The lowest BCUT2D eigenvalue weighted by Crippen LogP contribution is -2.75. The fourth-order valence-corrected chi connectivity index (χ4v) is 11.2. The number of benzene rings is 6. The van der Waals surface area contributed by atoms with Crippen molar-refractivity contribution in [1.29, 1.82) is 0 Å². The van der Waals surface area contributed by atoms with Crippen molar-refractivity contribution in [3.63, 3.8) is 0 Å². The molecule has 30 heteroatoms. The lowest BCUT2D eigenvalue weighted by molar-refractivity contribution is -0.830. The van der Waals surface area contributed by atoms with Gasteiger partial charge in [0.25, 0.3) is 0 Å². The molecule has 0 spiro atoms. The Bertz CT molecular complexity index is 2730. The number of hydrogen-bond donors (Lipinski definition) is 6. The van der Waals surface area contributed by atoms with Crippen LogP contribution in [0.1, 0.15) is 62.3 Å². The topological polar surface area (TPSA) is 394 Å². The van der Waals surface area contributed by atoms with Gasteiger partial charge in [-0.15, -0.1) is 0 Å². The largest absolute Gasteiger partial charge is 0.513 e. The predicted octanol–water partition coefficient (Wildman–Crippen LogP) is 6.34. The van der Waals surface area contributed by atoms with Crippen LogP contribution in [0.25, 0.3) is 0 Å². The third kappa shape index (κ3) is 29.8. The maximum Gasteiger partial charge on any atom is 0.513 e. The van der Waals surface area contributed by atoms with E-state index in [0.717, 1.165) is 17.1 Å². The zero-order chi connectivity index (χ0) is 61.7. The molecule has 6 atom stereocenters. The van der Waals surface area contributed by atoms with E-state index >= 15 is 0 Å². The van der Waals surface area contributed by atoms with Crippen LogP contribution in [-0.4, -0.2) is 92.1 Å². The first-order valence-corrected chi connectivity index (χ1v) is 31.0. The number of ether oxygens (including phenoxy) is 3. The second-order valence-electron chi connectivity index (χ2n) is 18.8. The number of para-hydroxylation sites is 3. The zero-order valence-electron chi connectivity index (χ0n) is 50.5. The van der Waals surface area contributed by atoms with Crippen molar-refractivity contribution < 1.29 is 117 Å². The molecule has 0 heterocycles. The number of carbonyl (C=O) groups excluding carboxylic acids is 3. The van der Waals surface area contributed by atoms with Crippen LogP contribution in [-0.2, 0) is 56.8 Å². The second kappa shape index (κ2) is 39.5. The average molecular weight is 1280 g/mol. The highest BCUT2D eigenvalue weighted by Gasteiger charge is 2.37. The third-order valence-electron chi connectivity index (χ3n) is 10.2. The Hall–Kier alpha value is -7.26. The van der Waals surface area contributed by atoms with Gasteiger partial charge in [0.1, 0.15) is 52.6 Å². The molecule has 0 aromatic heterocycles. The van der Waals surface area contributed by atoms with E-state index in [1.807, 2.05) is 0 Å². The van der Waals surface area contributed by atoms with Gasteiger partial charge in [0, 0.05) is 36.4 Å². The highest BCUT2D eigenvalue weighted by Crippen LogP contribution is 2.48. The number of hydrogen-bond acceptors (Lipinski definition) is 18. The van der Waals surface area contributed by atoms with Crippen molar-refractivity contribution in [2.45, 2.75) is 98.8 Å². The summed E-state index contributed by atoms with van der Waals surface area (Å²) in [5.41, 5.74) is 7.13. The van der Waals surface area contributed by atoms with Crippen molar-refractivity contribution in [2.75, 3.05) is 21.3 Å². The molecule has 15 N–H and O–H groups in total. The molecule has 480 valence electrons. The Balaban J connectivity index is 0.000000641. The normalized spacial score (nSPS) is 13.7. The molecule has 0 aliphatic rings. The molecule has 0 saturated heterocycles. The Morgan fingerprint density at radius 3 is 0.678 bits per heavy atom. The number of nitrogens with two attached hydrogens (primary N) is 3. The molecule has 27 nitrogen and oxygen atoms in total. The first-order valence-electron chi connectivity index (χ1n) is 26.4. The van der Waals surface area contributed by atoms with Gasteiger partial charge in [-0.3, -0.25) is 14.4 Å². The molecular formula is C57H84N6O21P3+3. The molecule has 1 unspecified atom stereocenters. The van der Waals surface area contributed by atoms with Crippen LogP contribution in [0, 0.1) is 0 Å². The minimum atomic E-state index is -3.94. The quantitative estimate of drug-likeness (QED) is 0.00941. The van der Waals surface area contributed by atoms with Crippen molar-refractivity contribution in [3.05, 3.63) is 164 Å². The van der Waals surface area contributed by atoms with Gasteiger partial charge in [0.15, 0.2) is 17.1 Å². The summed E-state index contributed by atoms with van der Waals surface area (Å²) < 4.78 is 89.2. The van der Waals surface area contributed by atoms with Crippen molar-refractivity contribution in [1.82, 2.24) is 15.3 Å². The van der Waals surface area contributed by atoms with Crippen LogP contribution in [0.2, 0.25) is 0 Å². The molecule has 0 radical (unpaired) electrons. The number of carbonyl (C=O) groups is 3. The molecule has 0 aliphatic carbocycles. The zero-order valence-corrected chi connectivity index (χ0v) is 53.2. The van der Waals surface area contributed by atoms with Crippen molar-refractivity contribution in [3.8, 4) is 34.5 Å². The van der Waals surface area contributed by atoms with E-state index in [2.05, 4.69) is 15.3 Å². The van der Waals surface area contributed by atoms with Gasteiger partial charge in [-0.05, 0) is 135 Å². The lowest BCUT2D eigenvalue weighted by Gasteiger charge is -2.23. The first-order chi connectivity index (χ1) is 39.9. The SMILES string of the molecule is CO[NH2+]c1ccc(OP(=O)(N[C@@H](C)C(=O)OC(C)C)Oc2ccccc2)cc1.CO[NH2+]c1ccc(O[P@@](=O)(N[C@@H](C)C(=O)OC(C)C)Oc2ccccc2)cc1.CO[NH2+]c1ccc(O[P@](=O)(N[C@@H](C)C(=O)OC(C)C)Oc2ccccc2)cc1.O.O.O. The molecule has 6 aromatic rings. The molecule has 6 aromatic carbocycles. The summed E-state index contributed by atoms with van der Waals surface area (Å²) in [6.45, 7) is 15.0. The standard InChI is InChI=1S/3C19H25N2O6P.3H2O/c3*1-14(2)25-19(22)15(3)21-28(23,26-17-8-6-5-7-9-17)27-18-12-10-16(11-13-18)20-24-4;;;/h3*5-15,20H,1-4H3,(H,21,23);3*1H2/p+3/t15-,28?;15-,28+;15-,28-;;;/m000.../s1. The van der Waals surface area contributed by atoms with Gasteiger partial charge < -0.3 is 57.8 Å². The summed E-state index contributed by atoms with van der Waals surface area (Å²) in [4.78, 5) is 51.2. The number of quaternary nitrogens is 3. The van der Waals surface area contributed by atoms with Crippen LogP contribution < -0.4 is 58.8 Å². The van der Waals surface area contributed by atoms with Gasteiger partial charge in [0.05, 0.1) is 39.6 Å². The summed E-state index contributed by atoms with van der Waals surface area (Å²) in [5.74, 6) is 0.284. The molecule has 0 amide bonds. The van der Waals surface area contributed by atoms with E-state index in [0.29, 0.717) is 34.5 Å². The summed E-state index contributed by atoms with van der Waals surface area (Å²) >= 11 is 0. The van der Waals surface area contributed by atoms with Gasteiger partial charge >= 0.3 is 41.1 Å². The Labute approximate surface area is 506 Å². The Morgan fingerprint density at radius 2 is 0.506 bits per heavy atom. The van der Waals surface area contributed by atoms with Crippen LogP contribution in [0.4, 0.5) is 17.1 Å². The van der Waals surface area contributed by atoms with Crippen LogP contribution in [0.5, 0.6) is 34.5 Å². The fraction of sp³-hybridized carbons (Fsp3) is 0.316. The highest BCUT2D eigenvalue weighted by atomic mass is 31.2. The second-order valence-corrected chi connectivity index (χ2v) is 23.6. The molecule has 0 bridgehead atoms. The van der Waals surface area contributed by atoms with Gasteiger partial charge in [0.2, 0.25) is 0 Å². The van der Waals surface area contributed by atoms with E-state index in [-0.39, 0.29) is 34.7 Å². The molecule has 0 fully saturated rings. The van der Waals surface area contributed by atoms with E-state index in [1.54, 1.807) is 243 Å². The van der Waals surface area contributed by atoms with Crippen LogP contribution >= 0.6 is 23.2 Å². The van der Waals surface area contributed by atoms with Crippen LogP contribution in [0.15, 0.2) is 164 Å². The molecule has 0 saturated carbocycles. The van der Waals surface area contributed by atoms with E-state index in [4.69, 9.17) is 55.9 Å². The predicted molar refractivity (Wildman–Crippen MR) is 323 cm³/mol. The third-order valence-corrected chi connectivity index (χ3v) is 15.0. The first kappa shape index (κ1) is 77.8. The highest BCUT2D eigenvalue weighted by molar-refractivity contribution is 7.53. The van der Waals surface area contributed by atoms with Crippen molar-refractivity contribution in [2.24, 2.45) is 0 Å². The molecule has 87 heavy (non-hydrogen) atoms. The maximum absolute atomic E-state index is 13.4. The van der Waals surface area contributed by atoms with E-state index in [9.17, 15) is 28.1 Å². The lowest BCUT2D eigenvalue weighted by atomic mass is 10.3. The Morgan fingerprint density at radius 1 is 0.322 bits per heavy atom. The van der Waals surface area contributed by atoms with E-state index < -0.39 is 59.3 Å². The van der Waals surface area contributed by atoms with Crippen LogP contribution in [0.3, 0.4) is 0 Å². The van der Waals surface area contributed by atoms with E-state index in [1.165, 1.54) is 20.8 Å². The number of esters is 3. The number of rotatable bonds is 30. The summed E-state index contributed by atoms with van der Waals surface area (Å²) in [7, 11) is -7.17. The smallest absolute Gasteiger partial charge is 0.462 e. The minimum Gasteiger partial charge on any atom is -0.462 e. The van der Waals surface area contributed by atoms with Gasteiger partial charge in [-0.1, -0.05) is 54.6 Å². The van der Waals surface area contributed by atoms with Crippen molar-refractivity contribution >= 4 is 58.2 Å². The summed E-state index contributed by atoms with van der Waals surface area (Å²) in [6, 6.07) is 43.2. The fourth-order valence-electron chi connectivity index (χ4n) is 6.59. The monoisotopic (exact) mass is 1280 g/mol. The molecular weight excluding hydrogens is 1200 g/mol. The number of nitrogens with one attached hydrogen (secondary N) is 3. The maximum atomic E-state index is 13.4. The van der Waals surface area contributed by atoms with Gasteiger partial charge in [-0.2, -0.15) is 31.7 Å². The summed E-state index contributed by atoms with van der Waals surface area (Å²) in [6.07, 6.45) is -0.884. The minimum absolute atomic E-state index is 0. The summed E-state index contributed by atoms with van der Waals surface area (Å²) in [5, 5.41) is 7.92. The Kier molecular flexibility index (Phi) is 35.3. The molecule has 0 aliphatic heterocycles. The van der Waals surface area contributed by atoms with Gasteiger partial charge in [-0.25, -0.2) is 28.2 Å². The molecule has 6 rings (SSSR count). The average Bonchev–Trinajstić information content (AvgIpc) is 3.65.